The van der Waals surface area contributed by atoms with Crippen LogP contribution in [-0.4, -0.2) is 42.5 Å². The normalized spacial score (nSPS) is 11.7. The Morgan fingerprint density at radius 2 is 1.83 bits per heavy atom. The largest absolute Gasteiger partial charge is 0.469 e. The number of amides is 2. The van der Waals surface area contributed by atoms with Crippen LogP contribution in [0.2, 0.25) is 0 Å². The molecule has 7 nitrogen and oxygen atoms in total. The van der Waals surface area contributed by atoms with Gasteiger partial charge in [0.2, 0.25) is 5.91 Å². The lowest BCUT2D eigenvalue weighted by molar-refractivity contribution is -0.140. The topological polar surface area (TPSA) is 100 Å². The van der Waals surface area contributed by atoms with Crippen LogP contribution in [0.15, 0.2) is 54.7 Å². The summed E-state index contributed by atoms with van der Waals surface area (Å²) in [6.07, 6.45) is 2.05. The third kappa shape index (κ3) is 5.22. The number of hydrogen-bond acceptors (Lipinski definition) is 4. The quantitative estimate of drug-likeness (QED) is 0.495. The van der Waals surface area contributed by atoms with E-state index in [4.69, 9.17) is 0 Å². The van der Waals surface area contributed by atoms with Crippen LogP contribution in [0, 0.1) is 5.82 Å². The molecule has 8 heteroatoms. The van der Waals surface area contributed by atoms with Gasteiger partial charge in [0.1, 0.15) is 11.9 Å². The number of esters is 1. The predicted octanol–water partition coefficient (Wildman–Crippen LogP) is 2.33. The fourth-order valence-electron chi connectivity index (χ4n) is 3.09. The third-order valence-corrected chi connectivity index (χ3v) is 4.68. The summed E-state index contributed by atoms with van der Waals surface area (Å²) < 4.78 is 17.7. The molecule has 2 aromatic carbocycles. The molecule has 156 valence electrons. The molecule has 0 aliphatic rings. The zero-order valence-corrected chi connectivity index (χ0v) is 16.4. The van der Waals surface area contributed by atoms with Gasteiger partial charge in [0.15, 0.2) is 0 Å². The highest BCUT2D eigenvalue weighted by Crippen LogP contribution is 2.19. The predicted molar refractivity (Wildman–Crippen MR) is 109 cm³/mol. The summed E-state index contributed by atoms with van der Waals surface area (Å²) in [5, 5.41) is 6.30. The highest BCUT2D eigenvalue weighted by Gasteiger charge is 2.23. The lowest BCUT2D eigenvalue weighted by Gasteiger charge is -2.18. The Balaban J connectivity index is 1.76. The van der Waals surface area contributed by atoms with Crippen LogP contribution in [0.3, 0.4) is 0 Å². The van der Waals surface area contributed by atoms with Crippen molar-refractivity contribution in [3.63, 3.8) is 0 Å². The van der Waals surface area contributed by atoms with Gasteiger partial charge in [-0.1, -0.05) is 18.2 Å². The van der Waals surface area contributed by atoms with Gasteiger partial charge in [-0.15, -0.1) is 0 Å². The molecule has 1 aromatic heterocycles. The standard InChI is InChI=1S/C22H22FN3O4/c1-30-20(27)10-11-24-22(29)19(26-21(28)14-6-8-16(23)9-7-14)12-15-13-25-18-5-3-2-4-17(15)18/h2-9,13,19,25H,10-12H2,1H3,(H,24,29)(H,26,28)/t19-/m0/s1. The van der Waals surface area contributed by atoms with E-state index in [0.717, 1.165) is 16.5 Å². The SMILES string of the molecule is COC(=O)CCNC(=O)[C@H](Cc1c[nH]c2ccccc12)NC(=O)c1ccc(F)cc1. The Labute approximate surface area is 172 Å². The second-order valence-electron chi connectivity index (χ2n) is 6.71. The summed E-state index contributed by atoms with van der Waals surface area (Å²) >= 11 is 0. The number of carbonyl (C=O) groups is 3. The Bertz CT molecular complexity index is 1050. The van der Waals surface area contributed by atoms with Gasteiger partial charge in [-0.25, -0.2) is 4.39 Å². The van der Waals surface area contributed by atoms with E-state index in [1.165, 1.54) is 31.4 Å². The third-order valence-electron chi connectivity index (χ3n) is 4.68. The van der Waals surface area contributed by atoms with Gasteiger partial charge in [-0.2, -0.15) is 0 Å². The number of para-hydroxylation sites is 1. The van der Waals surface area contributed by atoms with Crippen molar-refractivity contribution < 1.29 is 23.5 Å². The summed E-state index contributed by atoms with van der Waals surface area (Å²) in [5.74, 6) is -1.83. The van der Waals surface area contributed by atoms with Crippen molar-refractivity contribution >= 4 is 28.7 Å². The number of nitrogens with one attached hydrogen (secondary N) is 3. The van der Waals surface area contributed by atoms with Crippen molar-refractivity contribution in [3.8, 4) is 0 Å². The first-order chi connectivity index (χ1) is 14.5. The average molecular weight is 411 g/mol. The molecule has 0 radical (unpaired) electrons. The number of hydrogen-bond donors (Lipinski definition) is 3. The van der Waals surface area contributed by atoms with Crippen LogP contribution < -0.4 is 10.6 Å². The zero-order valence-electron chi connectivity index (χ0n) is 16.4. The van der Waals surface area contributed by atoms with E-state index in [2.05, 4.69) is 20.4 Å². The first-order valence-corrected chi connectivity index (χ1v) is 9.44. The number of ether oxygens (including phenoxy) is 1. The molecule has 1 atom stereocenters. The van der Waals surface area contributed by atoms with Crippen molar-refractivity contribution in [1.82, 2.24) is 15.6 Å². The highest BCUT2D eigenvalue weighted by atomic mass is 19.1. The van der Waals surface area contributed by atoms with E-state index < -0.39 is 29.6 Å². The Morgan fingerprint density at radius 1 is 1.10 bits per heavy atom. The number of benzene rings is 2. The molecule has 3 aromatic rings. The van der Waals surface area contributed by atoms with Crippen molar-refractivity contribution in [2.24, 2.45) is 0 Å². The molecular formula is C22H22FN3O4. The van der Waals surface area contributed by atoms with Gasteiger partial charge >= 0.3 is 5.97 Å². The Kier molecular flexibility index (Phi) is 6.79. The van der Waals surface area contributed by atoms with Gasteiger partial charge in [0.05, 0.1) is 13.5 Å². The average Bonchev–Trinajstić information content (AvgIpc) is 3.16. The van der Waals surface area contributed by atoms with Crippen LogP contribution in [-0.2, 0) is 20.7 Å². The van der Waals surface area contributed by atoms with Crippen molar-refractivity contribution in [2.45, 2.75) is 18.9 Å². The van der Waals surface area contributed by atoms with Gasteiger partial charge < -0.3 is 20.4 Å². The number of rotatable bonds is 8. The molecule has 30 heavy (non-hydrogen) atoms. The smallest absolute Gasteiger partial charge is 0.307 e. The molecule has 0 aliphatic carbocycles. The van der Waals surface area contributed by atoms with Crippen molar-refractivity contribution in [2.75, 3.05) is 13.7 Å². The van der Waals surface area contributed by atoms with Gasteiger partial charge in [-0.05, 0) is 35.9 Å². The number of H-pyrrole nitrogens is 1. The fraction of sp³-hybridized carbons (Fsp3) is 0.227. The Hall–Kier alpha value is -3.68. The highest BCUT2D eigenvalue weighted by molar-refractivity contribution is 5.98. The lowest BCUT2D eigenvalue weighted by atomic mass is 10.0. The molecular weight excluding hydrogens is 389 g/mol. The molecule has 3 N–H and O–H groups in total. The number of carbonyl (C=O) groups excluding carboxylic acids is 3. The second-order valence-corrected chi connectivity index (χ2v) is 6.71. The summed E-state index contributed by atoms with van der Waals surface area (Å²) in [6.45, 7) is 0.0856. The second kappa shape index (κ2) is 9.69. The van der Waals surface area contributed by atoms with Crippen molar-refractivity contribution in [1.29, 1.82) is 0 Å². The molecule has 0 aliphatic heterocycles. The molecule has 1 heterocycles. The van der Waals surface area contributed by atoms with Crippen LogP contribution in [0.1, 0.15) is 22.3 Å². The molecule has 2 amide bonds. The van der Waals surface area contributed by atoms with Gasteiger partial charge in [-0.3, -0.25) is 14.4 Å². The zero-order chi connectivity index (χ0) is 21.5. The van der Waals surface area contributed by atoms with Gasteiger partial charge in [0, 0.05) is 35.6 Å². The lowest BCUT2D eigenvalue weighted by Crippen LogP contribution is -2.48. The maximum atomic E-state index is 13.1. The van der Waals surface area contributed by atoms with Crippen LogP contribution >= 0.6 is 0 Å². The minimum absolute atomic E-state index is 0.0218. The number of halogens is 1. The number of aromatic amines is 1. The maximum Gasteiger partial charge on any atom is 0.307 e. The monoisotopic (exact) mass is 411 g/mol. The first kappa shape index (κ1) is 21.0. The maximum absolute atomic E-state index is 13.1. The minimum atomic E-state index is -0.889. The summed E-state index contributed by atoms with van der Waals surface area (Å²) in [5.41, 5.74) is 2.02. The molecule has 0 saturated heterocycles. The van der Waals surface area contributed by atoms with E-state index in [0.29, 0.717) is 0 Å². The molecule has 0 fully saturated rings. The molecule has 3 rings (SSSR count). The van der Waals surface area contributed by atoms with Gasteiger partial charge in [0.25, 0.3) is 5.91 Å². The number of fused-ring (bicyclic) bond motifs is 1. The van der Waals surface area contributed by atoms with E-state index in [9.17, 15) is 18.8 Å². The van der Waals surface area contributed by atoms with Crippen LogP contribution in [0.25, 0.3) is 10.9 Å². The Morgan fingerprint density at radius 3 is 2.57 bits per heavy atom. The van der Waals surface area contributed by atoms with Crippen molar-refractivity contribution in [3.05, 3.63) is 71.7 Å². The molecule has 0 spiro atoms. The molecule has 0 unspecified atom stereocenters. The number of aromatic nitrogens is 1. The number of methoxy groups -OCH3 is 1. The van der Waals surface area contributed by atoms with E-state index in [1.54, 1.807) is 6.20 Å². The fourth-order valence-corrected chi connectivity index (χ4v) is 3.09. The first-order valence-electron chi connectivity index (χ1n) is 9.44. The van der Waals surface area contributed by atoms with Crippen LogP contribution in [0.4, 0.5) is 4.39 Å². The minimum Gasteiger partial charge on any atom is -0.469 e. The summed E-state index contributed by atoms with van der Waals surface area (Å²) in [4.78, 5) is 39.8. The van der Waals surface area contributed by atoms with E-state index >= 15 is 0 Å². The summed E-state index contributed by atoms with van der Waals surface area (Å²) in [7, 11) is 1.27. The summed E-state index contributed by atoms with van der Waals surface area (Å²) in [6, 6.07) is 11.8. The molecule has 0 bridgehead atoms. The molecule has 0 saturated carbocycles. The van der Waals surface area contributed by atoms with Crippen LogP contribution in [0.5, 0.6) is 0 Å². The van der Waals surface area contributed by atoms with E-state index in [1.807, 2.05) is 24.3 Å². The van der Waals surface area contributed by atoms with E-state index in [-0.39, 0.29) is 24.9 Å².